The Labute approximate surface area is 166 Å². The molecule has 0 heterocycles. The van der Waals surface area contributed by atoms with Crippen LogP contribution in [-0.2, 0) is 13.1 Å². The normalized spacial score (nSPS) is 10.5. The molecular weight excluding hydrogens is 346 g/mol. The van der Waals surface area contributed by atoms with E-state index in [0.717, 1.165) is 23.2 Å². The molecule has 140 valence electrons. The lowest BCUT2D eigenvalue weighted by Crippen LogP contribution is -2.23. The summed E-state index contributed by atoms with van der Waals surface area (Å²) in [4.78, 5) is 14.9. The van der Waals surface area contributed by atoms with E-state index in [0.29, 0.717) is 17.7 Å². The second kappa shape index (κ2) is 8.98. The molecular formula is C24H23N3O. The molecule has 1 N–H and O–H groups in total. The molecule has 0 radical (unpaired) electrons. The summed E-state index contributed by atoms with van der Waals surface area (Å²) < 4.78 is 0. The maximum absolute atomic E-state index is 12.8. The van der Waals surface area contributed by atoms with E-state index in [9.17, 15) is 10.1 Å². The molecule has 28 heavy (non-hydrogen) atoms. The number of amides is 1. The lowest BCUT2D eigenvalue weighted by atomic mass is 9.95. The summed E-state index contributed by atoms with van der Waals surface area (Å²) in [6.45, 7) is 1.34. The number of nitrogens with one attached hydrogen (secondary N) is 1. The maximum atomic E-state index is 12.8. The van der Waals surface area contributed by atoms with Crippen LogP contribution in [0.25, 0.3) is 11.1 Å². The summed E-state index contributed by atoms with van der Waals surface area (Å²) in [6, 6.07) is 25.2. The van der Waals surface area contributed by atoms with Gasteiger partial charge in [0.05, 0.1) is 11.6 Å². The number of rotatable bonds is 6. The van der Waals surface area contributed by atoms with Crippen molar-refractivity contribution < 1.29 is 4.79 Å². The molecule has 4 heteroatoms. The molecule has 3 aromatic carbocycles. The van der Waals surface area contributed by atoms with Crippen LogP contribution in [0.4, 0.5) is 0 Å². The van der Waals surface area contributed by atoms with Crippen molar-refractivity contribution in [1.82, 2.24) is 10.2 Å². The maximum Gasteiger partial charge on any atom is 0.252 e. The first-order chi connectivity index (χ1) is 13.6. The molecule has 0 bridgehead atoms. The fourth-order valence-corrected chi connectivity index (χ4v) is 3.14. The van der Waals surface area contributed by atoms with Crippen molar-refractivity contribution in [3.05, 3.63) is 95.1 Å². The lowest BCUT2D eigenvalue weighted by molar-refractivity contribution is 0.0951. The van der Waals surface area contributed by atoms with Gasteiger partial charge in [0.1, 0.15) is 0 Å². The topological polar surface area (TPSA) is 56.1 Å². The molecule has 0 aromatic heterocycles. The average Bonchev–Trinajstić information content (AvgIpc) is 2.72. The highest BCUT2D eigenvalue weighted by Crippen LogP contribution is 2.26. The minimum atomic E-state index is -0.152. The molecule has 3 aromatic rings. The van der Waals surface area contributed by atoms with E-state index >= 15 is 0 Å². The minimum absolute atomic E-state index is 0.152. The molecule has 0 fully saturated rings. The molecule has 0 spiro atoms. The molecule has 3 rings (SSSR count). The third-order valence-electron chi connectivity index (χ3n) is 4.48. The Morgan fingerprint density at radius 2 is 1.50 bits per heavy atom. The quantitative estimate of drug-likeness (QED) is 0.708. The van der Waals surface area contributed by atoms with Crippen molar-refractivity contribution in [2.45, 2.75) is 13.1 Å². The highest BCUT2D eigenvalue weighted by atomic mass is 16.1. The molecule has 0 atom stereocenters. The molecule has 0 aliphatic rings. The highest BCUT2D eigenvalue weighted by molar-refractivity contribution is 6.01. The fraction of sp³-hybridized carbons (Fsp3) is 0.167. The Hall–Kier alpha value is -3.42. The van der Waals surface area contributed by atoms with Crippen LogP contribution in [0.3, 0.4) is 0 Å². The van der Waals surface area contributed by atoms with Gasteiger partial charge in [0.25, 0.3) is 5.91 Å². The number of nitrogens with zero attached hydrogens (tertiary/aromatic N) is 2. The number of hydrogen-bond acceptors (Lipinski definition) is 3. The van der Waals surface area contributed by atoms with E-state index < -0.39 is 0 Å². The molecule has 1 amide bonds. The van der Waals surface area contributed by atoms with Crippen molar-refractivity contribution >= 4 is 5.91 Å². The number of benzene rings is 3. The van der Waals surface area contributed by atoms with E-state index in [1.54, 1.807) is 12.1 Å². The van der Waals surface area contributed by atoms with E-state index in [1.165, 1.54) is 5.56 Å². The Balaban J connectivity index is 1.76. The standard InChI is InChI=1S/C24H23N3O/c1-27(2)17-19-13-11-18(12-14-19)16-26-24(28)23-10-6-5-9-22(23)21-8-4-3-7-20(21)15-25/h3-14H,16-17H2,1-2H3,(H,26,28). The first-order valence-corrected chi connectivity index (χ1v) is 9.18. The summed E-state index contributed by atoms with van der Waals surface area (Å²) in [7, 11) is 4.08. The van der Waals surface area contributed by atoms with Gasteiger partial charge >= 0.3 is 0 Å². The first-order valence-electron chi connectivity index (χ1n) is 9.18. The first kappa shape index (κ1) is 19.3. The van der Waals surface area contributed by atoms with Crippen LogP contribution in [0.2, 0.25) is 0 Å². The van der Waals surface area contributed by atoms with Gasteiger partial charge in [0.15, 0.2) is 0 Å². The van der Waals surface area contributed by atoms with Crippen LogP contribution in [0.5, 0.6) is 0 Å². The van der Waals surface area contributed by atoms with Crippen LogP contribution in [0.15, 0.2) is 72.8 Å². The number of hydrogen-bond donors (Lipinski definition) is 1. The van der Waals surface area contributed by atoms with Crippen LogP contribution in [-0.4, -0.2) is 24.9 Å². The zero-order chi connectivity index (χ0) is 19.9. The van der Waals surface area contributed by atoms with E-state index in [4.69, 9.17) is 0 Å². The summed E-state index contributed by atoms with van der Waals surface area (Å²) in [5.74, 6) is -0.152. The summed E-state index contributed by atoms with van der Waals surface area (Å²) in [5.41, 5.74) is 4.93. The van der Waals surface area contributed by atoms with Gasteiger partial charge in [-0.05, 0) is 42.9 Å². The largest absolute Gasteiger partial charge is 0.348 e. The van der Waals surface area contributed by atoms with E-state index in [-0.39, 0.29) is 5.91 Å². The van der Waals surface area contributed by atoms with Gasteiger partial charge in [-0.1, -0.05) is 60.7 Å². The van der Waals surface area contributed by atoms with Gasteiger partial charge < -0.3 is 10.2 Å². The van der Waals surface area contributed by atoms with Gasteiger partial charge in [0.2, 0.25) is 0 Å². The summed E-state index contributed by atoms with van der Waals surface area (Å²) in [5, 5.41) is 12.4. The fourth-order valence-electron chi connectivity index (χ4n) is 3.14. The number of nitriles is 1. The third kappa shape index (κ3) is 4.64. The monoisotopic (exact) mass is 369 g/mol. The molecule has 0 saturated heterocycles. The predicted octanol–water partition coefficient (Wildman–Crippen LogP) is 4.22. The SMILES string of the molecule is CN(C)Cc1ccc(CNC(=O)c2ccccc2-c2ccccc2C#N)cc1. The average molecular weight is 369 g/mol. The molecule has 0 aliphatic carbocycles. The Bertz CT molecular complexity index is 1000. The van der Waals surface area contributed by atoms with Gasteiger partial charge in [-0.25, -0.2) is 0 Å². The van der Waals surface area contributed by atoms with Crippen LogP contribution < -0.4 is 5.32 Å². The van der Waals surface area contributed by atoms with E-state index in [1.807, 2.05) is 62.6 Å². The molecule has 0 saturated carbocycles. The number of carbonyl (C=O) groups is 1. The Kier molecular flexibility index (Phi) is 6.21. The third-order valence-corrected chi connectivity index (χ3v) is 4.48. The minimum Gasteiger partial charge on any atom is -0.348 e. The van der Waals surface area contributed by atoms with Gasteiger partial charge in [-0.15, -0.1) is 0 Å². The van der Waals surface area contributed by atoms with Crippen molar-refractivity contribution in [3.63, 3.8) is 0 Å². The van der Waals surface area contributed by atoms with Gasteiger partial charge in [-0.2, -0.15) is 5.26 Å². The second-order valence-corrected chi connectivity index (χ2v) is 6.94. The van der Waals surface area contributed by atoms with Crippen molar-refractivity contribution in [2.24, 2.45) is 0 Å². The van der Waals surface area contributed by atoms with Crippen LogP contribution in [0.1, 0.15) is 27.0 Å². The highest BCUT2D eigenvalue weighted by Gasteiger charge is 2.14. The molecule has 0 aliphatic heterocycles. The summed E-state index contributed by atoms with van der Waals surface area (Å²) >= 11 is 0. The van der Waals surface area contributed by atoms with Crippen LogP contribution in [0, 0.1) is 11.3 Å². The molecule has 4 nitrogen and oxygen atoms in total. The van der Waals surface area contributed by atoms with Gasteiger partial charge in [0, 0.05) is 24.2 Å². The van der Waals surface area contributed by atoms with Crippen LogP contribution >= 0.6 is 0 Å². The Morgan fingerprint density at radius 3 is 2.18 bits per heavy atom. The van der Waals surface area contributed by atoms with Crippen molar-refractivity contribution in [3.8, 4) is 17.2 Å². The number of carbonyl (C=O) groups excluding carboxylic acids is 1. The van der Waals surface area contributed by atoms with Crippen molar-refractivity contribution in [1.29, 1.82) is 5.26 Å². The zero-order valence-corrected chi connectivity index (χ0v) is 16.1. The predicted molar refractivity (Wildman–Crippen MR) is 112 cm³/mol. The van der Waals surface area contributed by atoms with Gasteiger partial charge in [-0.3, -0.25) is 4.79 Å². The van der Waals surface area contributed by atoms with E-state index in [2.05, 4.69) is 28.4 Å². The zero-order valence-electron chi connectivity index (χ0n) is 16.1. The smallest absolute Gasteiger partial charge is 0.252 e. The molecule has 0 unspecified atom stereocenters. The Morgan fingerprint density at radius 1 is 0.893 bits per heavy atom. The summed E-state index contributed by atoms with van der Waals surface area (Å²) in [6.07, 6.45) is 0. The lowest BCUT2D eigenvalue weighted by Gasteiger charge is -2.12. The van der Waals surface area contributed by atoms with Crippen molar-refractivity contribution in [2.75, 3.05) is 14.1 Å². The second-order valence-electron chi connectivity index (χ2n) is 6.94.